The SMILES string of the molecule is CC(=O)N1CCSC12CCN(C(=O)c1nc3c(C(F)(F)F)cc(-c4ccoc4)cn3c1Cl)CC2. The first-order valence-corrected chi connectivity index (χ1v) is 12.0. The van der Waals surface area contributed by atoms with Crippen molar-refractivity contribution in [2.45, 2.75) is 30.8 Å². The zero-order chi connectivity index (χ0) is 24.3. The maximum absolute atomic E-state index is 13.9. The molecule has 2 aliphatic rings. The molecule has 2 amide bonds. The van der Waals surface area contributed by atoms with Gasteiger partial charge in [-0.05, 0) is 25.0 Å². The van der Waals surface area contributed by atoms with E-state index in [1.165, 1.54) is 31.7 Å². The summed E-state index contributed by atoms with van der Waals surface area (Å²) in [6.45, 7) is 2.92. The number of halogens is 4. The highest BCUT2D eigenvalue weighted by Gasteiger charge is 2.46. The number of hydrogen-bond acceptors (Lipinski definition) is 5. The number of rotatable bonds is 2. The minimum absolute atomic E-state index is 0.00118. The van der Waals surface area contributed by atoms with Crippen LogP contribution in [0.1, 0.15) is 35.8 Å². The van der Waals surface area contributed by atoms with Crippen molar-refractivity contribution in [3.8, 4) is 11.1 Å². The van der Waals surface area contributed by atoms with E-state index in [2.05, 4.69) is 4.98 Å². The number of likely N-dealkylation sites (tertiary alicyclic amines) is 1. The Balaban J connectivity index is 1.48. The maximum Gasteiger partial charge on any atom is 0.420 e. The summed E-state index contributed by atoms with van der Waals surface area (Å²) in [5.41, 5.74) is -0.986. The Kier molecular flexibility index (Phi) is 5.59. The smallest absolute Gasteiger partial charge is 0.420 e. The first-order valence-electron chi connectivity index (χ1n) is 10.6. The normalized spacial score (nSPS) is 18.3. The molecule has 0 aromatic carbocycles. The van der Waals surface area contributed by atoms with Crippen molar-refractivity contribution in [3.63, 3.8) is 0 Å². The van der Waals surface area contributed by atoms with Gasteiger partial charge in [-0.15, -0.1) is 11.8 Å². The van der Waals surface area contributed by atoms with Crippen molar-refractivity contribution in [1.82, 2.24) is 19.2 Å². The molecule has 2 aliphatic heterocycles. The quantitative estimate of drug-likeness (QED) is 0.493. The van der Waals surface area contributed by atoms with Gasteiger partial charge in [0, 0.05) is 49.6 Å². The molecule has 3 aromatic rings. The van der Waals surface area contributed by atoms with E-state index in [9.17, 15) is 22.8 Å². The lowest BCUT2D eigenvalue weighted by molar-refractivity contribution is -0.136. The average molecular weight is 513 g/mol. The molecule has 3 aromatic heterocycles. The van der Waals surface area contributed by atoms with E-state index in [4.69, 9.17) is 16.0 Å². The summed E-state index contributed by atoms with van der Waals surface area (Å²) in [7, 11) is 0. The van der Waals surface area contributed by atoms with Gasteiger partial charge >= 0.3 is 6.18 Å². The Labute approximate surface area is 201 Å². The van der Waals surface area contributed by atoms with Crippen LogP contribution in [0.3, 0.4) is 0 Å². The van der Waals surface area contributed by atoms with Gasteiger partial charge in [-0.2, -0.15) is 13.2 Å². The highest BCUT2D eigenvalue weighted by atomic mass is 35.5. The monoisotopic (exact) mass is 512 g/mol. The van der Waals surface area contributed by atoms with Gasteiger partial charge in [-0.3, -0.25) is 14.0 Å². The summed E-state index contributed by atoms with van der Waals surface area (Å²) >= 11 is 8.13. The summed E-state index contributed by atoms with van der Waals surface area (Å²) in [4.78, 5) is 32.4. The van der Waals surface area contributed by atoms with Gasteiger partial charge < -0.3 is 14.2 Å². The molecule has 0 bridgehead atoms. The second-order valence-electron chi connectivity index (χ2n) is 8.35. The fourth-order valence-electron chi connectivity index (χ4n) is 4.72. The number of hydrogen-bond donors (Lipinski definition) is 0. The predicted molar refractivity (Wildman–Crippen MR) is 121 cm³/mol. The average Bonchev–Trinajstić information content (AvgIpc) is 3.53. The predicted octanol–water partition coefficient (Wildman–Crippen LogP) is 4.79. The summed E-state index contributed by atoms with van der Waals surface area (Å²) in [6.07, 6.45) is 0.540. The number of fused-ring (bicyclic) bond motifs is 1. The minimum Gasteiger partial charge on any atom is -0.472 e. The number of thioether (sulfide) groups is 1. The van der Waals surface area contributed by atoms with Gasteiger partial charge in [-0.1, -0.05) is 11.6 Å². The zero-order valence-corrected chi connectivity index (χ0v) is 19.6. The third kappa shape index (κ3) is 3.74. The van der Waals surface area contributed by atoms with E-state index in [1.807, 2.05) is 4.90 Å². The molecule has 2 saturated heterocycles. The second-order valence-corrected chi connectivity index (χ2v) is 10.2. The van der Waals surface area contributed by atoms with Crippen molar-refractivity contribution in [1.29, 1.82) is 0 Å². The Bertz CT molecular complexity index is 1270. The lowest BCUT2D eigenvalue weighted by Crippen LogP contribution is -2.53. The molecule has 1 spiro atoms. The van der Waals surface area contributed by atoms with Crippen LogP contribution in [0.25, 0.3) is 16.8 Å². The van der Waals surface area contributed by atoms with Crippen LogP contribution in [0.15, 0.2) is 35.3 Å². The Morgan fingerprint density at radius 2 is 1.94 bits per heavy atom. The molecule has 0 N–H and O–H groups in total. The number of carbonyl (C=O) groups excluding carboxylic acids is 2. The fourth-order valence-corrected chi connectivity index (χ4v) is 6.48. The molecule has 0 unspecified atom stereocenters. The maximum atomic E-state index is 13.9. The largest absolute Gasteiger partial charge is 0.472 e. The Morgan fingerprint density at radius 1 is 1.21 bits per heavy atom. The van der Waals surface area contributed by atoms with Crippen LogP contribution in [-0.2, 0) is 11.0 Å². The standard InChI is InChI=1S/C22H20ClF3N4O3S/c1-13(31)30-7-9-34-21(30)3-5-28(6-4-21)20(32)17-18(23)29-11-15(14-2-8-33-12-14)10-16(19(29)27-17)22(24,25)26/h2,8,10-12H,3-7,9H2,1H3. The third-order valence-electron chi connectivity index (χ3n) is 6.41. The Hall–Kier alpha value is -2.66. The summed E-state index contributed by atoms with van der Waals surface area (Å²) in [5, 5.41) is -0.184. The zero-order valence-electron chi connectivity index (χ0n) is 18.1. The number of furan rings is 1. The number of alkyl halides is 3. The fraction of sp³-hybridized carbons (Fsp3) is 0.409. The molecule has 0 aliphatic carbocycles. The van der Waals surface area contributed by atoms with Gasteiger partial charge in [0.15, 0.2) is 11.3 Å². The number of imidazole rings is 1. The lowest BCUT2D eigenvalue weighted by atomic mass is 10.0. The van der Waals surface area contributed by atoms with Crippen molar-refractivity contribution in [2.24, 2.45) is 0 Å². The minimum atomic E-state index is -4.71. The molecule has 34 heavy (non-hydrogen) atoms. The van der Waals surface area contributed by atoms with Crippen LogP contribution in [-0.4, -0.2) is 61.3 Å². The van der Waals surface area contributed by atoms with Crippen LogP contribution in [0.2, 0.25) is 5.15 Å². The molecule has 0 atom stereocenters. The molecule has 0 saturated carbocycles. The van der Waals surface area contributed by atoms with Gasteiger partial charge in [-0.25, -0.2) is 4.98 Å². The van der Waals surface area contributed by atoms with E-state index in [0.29, 0.717) is 38.0 Å². The van der Waals surface area contributed by atoms with Crippen LogP contribution in [0, 0.1) is 0 Å². The van der Waals surface area contributed by atoms with Crippen molar-refractivity contribution >= 4 is 40.8 Å². The van der Waals surface area contributed by atoms with Crippen LogP contribution in [0.4, 0.5) is 13.2 Å². The number of nitrogens with zero attached hydrogens (tertiary/aromatic N) is 4. The number of carbonyl (C=O) groups is 2. The topological polar surface area (TPSA) is 71.1 Å². The number of piperidine rings is 1. The van der Waals surface area contributed by atoms with Crippen molar-refractivity contribution < 1.29 is 27.2 Å². The first-order chi connectivity index (χ1) is 16.1. The molecule has 5 heterocycles. The van der Waals surface area contributed by atoms with Gasteiger partial charge in [0.05, 0.1) is 23.0 Å². The van der Waals surface area contributed by atoms with E-state index in [1.54, 1.807) is 16.7 Å². The highest BCUT2D eigenvalue weighted by Crippen LogP contribution is 2.44. The summed E-state index contributed by atoms with van der Waals surface area (Å²) in [5.74, 6) is 0.311. The second kappa shape index (κ2) is 8.23. The van der Waals surface area contributed by atoms with Gasteiger partial charge in [0.2, 0.25) is 5.91 Å². The van der Waals surface area contributed by atoms with Gasteiger partial charge in [0.25, 0.3) is 5.91 Å². The summed E-state index contributed by atoms with van der Waals surface area (Å²) in [6, 6.07) is 2.50. The van der Waals surface area contributed by atoms with Crippen LogP contribution in [0.5, 0.6) is 0 Å². The lowest BCUT2D eigenvalue weighted by Gasteiger charge is -2.43. The Morgan fingerprint density at radius 3 is 2.56 bits per heavy atom. The third-order valence-corrected chi connectivity index (χ3v) is 8.33. The number of aromatic nitrogens is 2. The molecular formula is C22H20ClF3N4O3S. The van der Waals surface area contributed by atoms with Crippen molar-refractivity contribution in [3.05, 3.63) is 47.3 Å². The molecule has 2 fully saturated rings. The number of amides is 2. The number of pyridine rings is 1. The van der Waals surface area contributed by atoms with E-state index in [-0.39, 0.29) is 27.2 Å². The molecule has 5 rings (SSSR count). The van der Waals surface area contributed by atoms with Crippen molar-refractivity contribution in [2.75, 3.05) is 25.4 Å². The molecule has 180 valence electrons. The highest BCUT2D eigenvalue weighted by molar-refractivity contribution is 8.00. The summed E-state index contributed by atoms with van der Waals surface area (Å²) < 4.78 is 47.7. The van der Waals surface area contributed by atoms with E-state index < -0.39 is 23.3 Å². The van der Waals surface area contributed by atoms with E-state index >= 15 is 0 Å². The van der Waals surface area contributed by atoms with Crippen LogP contribution >= 0.6 is 23.4 Å². The van der Waals surface area contributed by atoms with Crippen LogP contribution < -0.4 is 0 Å². The molecule has 0 radical (unpaired) electrons. The molecular weight excluding hydrogens is 493 g/mol. The molecule has 7 nitrogen and oxygen atoms in total. The molecule has 12 heteroatoms. The first kappa shape index (κ1) is 23.1. The van der Waals surface area contributed by atoms with Gasteiger partial charge in [0.1, 0.15) is 5.15 Å². The van der Waals surface area contributed by atoms with E-state index in [0.717, 1.165) is 16.2 Å².